The lowest BCUT2D eigenvalue weighted by atomic mass is 9.95. The second kappa shape index (κ2) is 4.96. The van der Waals surface area contributed by atoms with Crippen molar-refractivity contribution in [3.63, 3.8) is 0 Å². The van der Waals surface area contributed by atoms with Gasteiger partial charge in [-0.15, -0.1) is 0 Å². The molecule has 1 aliphatic rings. The quantitative estimate of drug-likeness (QED) is 0.876. The van der Waals surface area contributed by atoms with Crippen LogP contribution in [0.4, 0.5) is 10.1 Å². The normalized spacial score (nSPS) is 24.1. The molecule has 2 rings (SSSR count). The van der Waals surface area contributed by atoms with Crippen LogP contribution < -0.4 is 4.90 Å². The van der Waals surface area contributed by atoms with Crippen molar-refractivity contribution in [2.24, 2.45) is 0 Å². The fourth-order valence-corrected chi connectivity index (χ4v) is 2.81. The Hall–Kier alpha value is -1.58. The molecule has 0 bridgehead atoms. The van der Waals surface area contributed by atoms with E-state index in [4.69, 9.17) is 0 Å². The number of halogens is 1. The minimum Gasteiger partial charge on any atom is -0.478 e. The minimum absolute atomic E-state index is 0.0515. The summed E-state index contributed by atoms with van der Waals surface area (Å²) in [6, 6.07) is 4.58. The van der Waals surface area contributed by atoms with E-state index in [9.17, 15) is 14.3 Å². The van der Waals surface area contributed by atoms with Gasteiger partial charge >= 0.3 is 5.97 Å². The molecule has 0 aliphatic carbocycles. The summed E-state index contributed by atoms with van der Waals surface area (Å²) < 4.78 is 14.0. The number of hydrogen-bond acceptors (Lipinski definition) is 2. The van der Waals surface area contributed by atoms with Gasteiger partial charge in [0.05, 0.1) is 11.3 Å². The standard InChI is InChI=1S/C14H18FNO2/c1-9-5-3-6-10(2)16(9)13-11(14(17)18)7-4-8-12(13)15/h4,7-10H,3,5-6H2,1-2H3,(H,17,18)/t9-,10+. The van der Waals surface area contributed by atoms with Crippen LogP contribution in [-0.2, 0) is 0 Å². The van der Waals surface area contributed by atoms with Crippen molar-refractivity contribution in [1.82, 2.24) is 0 Å². The second-order valence-electron chi connectivity index (χ2n) is 4.98. The first-order chi connectivity index (χ1) is 8.52. The fraction of sp³-hybridized carbons (Fsp3) is 0.500. The van der Waals surface area contributed by atoms with Crippen LogP contribution in [0, 0.1) is 5.82 Å². The third-order valence-electron chi connectivity index (χ3n) is 3.67. The number of hydrogen-bond donors (Lipinski definition) is 1. The van der Waals surface area contributed by atoms with Crippen LogP contribution in [0.1, 0.15) is 43.5 Å². The molecule has 1 fully saturated rings. The SMILES string of the molecule is C[C@@H]1CCC[C@H](C)N1c1c(F)cccc1C(=O)O. The largest absolute Gasteiger partial charge is 0.478 e. The summed E-state index contributed by atoms with van der Waals surface area (Å²) in [5, 5.41) is 9.20. The molecule has 0 amide bonds. The minimum atomic E-state index is -1.07. The molecule has 2 atom stereocenters. The highest BCUT2D eigenvalue weighted by molar-refractivity contribution is 5.94. The number of carbonyl (C=O) groups is 1. The topological polar surface area (TPSA) is 40.5 Å². The van der Waals surface area contributed by atoms with Gasteiger partial charge in [0.25, 0.3) is 0 Å². The van der Waals surface area contributed by atoms with Crippen LogP contribution in [0.5, 0.6) is 0 Å². The summed E-state index contributed by atoms with van der Waals surface area (Å²) >= 11 is 0. The van der Waals surface area contributed by atoms with Gasteiger partial charge in [-0.25, -0.2) is 9.18 Å². The Morgan fingerprint density at radius 1 is 1.33 bits per heavy atom. The lowest BCUT2D eigenvalue weighted by molar-refractivity contribution is 0.0696. The fourth-order valence-electron chi connectivity index (χ4n) is 2.81. The number of benzene rings is 1. The van der Waals surface area contributed by atoms with Gasteiger partial charge in [-0.05, 0) is 45.2 Å². The number of carboxylic acid groups (broad SMARTS) is 1. The highest BCUT2D eigenvalue weighted by atomic mass is 19.1. The average molecular weight is 251 g/mol. The van der Waals surface area contributed by atoms with Gasteiger partial charge in [0, 0.05) is 12.1 Å². The average Bonchev–Trinajstić information content (AvgIpc) is 2.30. The number of para-hydroxylation sites is 1. The van der Waals surface area contributed by atoms with Crippen molar-refractivity contribution >= 4 is 11.7 Å². The number of rotatable bonds is 2. The maximum atomic E-state index is 14.0. The molecule has 0 aromatic heterocycles. The summed E-state index contributed by atoms with van der Waals surface area (Å²) in [5.41, 5.74) is 0.292. The molecule has 0 radical (unpaired) electrons. The van der Waals surface area contributed by atoms with Gasteiger partial charge in [-0.3, -0.25) is 0 Å². The van der Waals surface area contributed by atoms with Gasteiger partial charge in [-0.1, -0.05) is 6.07 Å². The molecule has 1 aliphatic heterocycles. The molecule has 1 saturated heterocycles. The van der Waals surface area contributed by atoms with Crippen molar-refractivity contribution in [1.29, 1.82) is 0 Å². The Bertz CT molecular complexity index is 451. The molecule has 0 spiro atoms. The lowest BCUT2D eigenvalue weighted by Crippen LogP contribution is -2.45. The summed E-state index contributed by atoms with van der Waals surface area (Å²) in [6.45, 7) is 4.04. The Balaban J connectivity index is 2.51. The molecule has 1 aromatic rings. The van der Waals surface area contributed by atoms with E-state index in [1.54, 1.807) is 0 Å². The molecule has 1 aromatic carbocycles. The highest BCUT2D eigenvalue weighted by Gasteiger charge is 2.30. The van der Waals surface area contributed by atoms with Crippen LogP contribution in [0.3, 0.4) is 0 Å². The zero-order valence-electron chi connectivity index (χ0n) is 10.7. The third kappa shape index (κ3) is 2.19. The van der Waals surface area contributed by atoms with E-state index in [1.165, 1.54) is 18.2 Å². The Labute approximate surface area is 106 Å². The van der Waals surface area contributed by atoms with Crippen LogP contribution in [0.15, 0.2) is 18.2 Å². The molecule has 0 saturated carbocycles. The zero-order chi connectivity index (χ0) is 13.3. The molecule has 1 N–H and O–H groups in total. The lowest BCUT2D eigenvalue weighted by Gasteiger charge is -2.41. The van der Waals surface area contributed by atoms with Gasteiger partial charge in [0.15, 0.2) is 0 Å². The van der Waals surface area contributed by atoms with Crippen molar-refractivity contribution in [2.45, 2.75) is 45.2 Å². The smallest absolute Gasteiger partial charge is 0.337 e. The van der Waals surface area contributed by atoms with E-state index < -0.39 is 11.8 Å². The Morgan fingerprint density at radius 3 is 2.50 bits per heavy atom. The maximum absolute atomic E-state index is 14.0. The Morgan fingerprint density at radius 2 is 1.94 bits per heavy atom. The first kappa shape index (κ1) is 12.9. The van der Waals surface area contributed by atoms with E-state index in [0.29, 0.717) is 0 Å². The first-order valence-corrected chi connectivity index (χ1v) is 6.32. The van der Waals surface area contributed by atoms with E-state index >= 15 is 0 Å². The second-order valence-corrected chi connectivity index (χ2v) is 4.98. The summed E-state index contributed by atoms with van der Waals surface area (Å²) in [6.07, 6.45) is 3.05. The van der Waals surface area contributed by atoms with Crippen LogP contribution in [0.25, 0.3) is 0 Å². The van der Waals surface area contributed by atoms with Crippen molar-refractivity contribution in [3.05, 3.63) is 29.6 Å². The van der Waals surface area contributed by atoms with Gasteiger partial charge in [0.2, 0.25) is 0 Å². The zero-order valence-corrected chi connectivity index (χ0v) is 10.7. The number of carboxylic acids is 1. The van der Waals surface area contributed by atoms with Crippen molar-refractivity contribution < 1.29 is 14.3 Å². The van der Waals surface area contributed by atoms with E-state index in [0.717, 1.165) is 19.3 Å². The summed E-state index contributed by atoms with van der Waals surface area (Å²) in [7, 11) is 0. The molecule has 18 heavy (non-hydrogen) atoms. The van der Waals surface area contributed by atoms with Gasteiger partial charge in [-0.2, -0.15) is 0 Å². The van der Waals surface area contributed by atoms with Crippen LogP contribution >= 0.6 is 0 Å². The van der Waals surface area contributed by atoms with Gasteiger partial charge in [0.1, 0.15) is 5.82 Å². The van der Waals surface area contributed by atoms with Crippen LogP contribution in [0.2, 0.25) is 0 Å². The van der Waals surface area contributed by atoms with Gasteiger partial charge < -0.3 is 10.0 Å². The number of aromatic carboxylic acids is 1. The Kier molecular flexibility index (Phi) is 3.55. The molecular formula is C14H18FNO2. The molecule has 98 valence electrons. The molecule has 3 nitrogen and oxygen atoms in total. The first-order valence-electron chi connectivity index (χ1n) is 6.32. The monoisotopic (exact) mass is 251 g/mol. The molecule has 4 heteroatoms. The maximum Gasteiger partial charge on any atom is 0.337 e. The van der Waals surface area contributed by atoms with Crippen molar-refractivity contribution in [2.75, 3.05) is 4.90 Å². The number of nitrogens with zero attached hydrogens (tertiary/aromatic N) is 1. The highest BCUT2D eigenvalue weighted by Crippen LogP contribution is 2.33. The van der Waals surface area contributed by atoms with E-state index in [2.05, 4.69) is 0 Å². The third-order valence-corrected chi connectivity index (χ3v) is 3.67. The predicted octanol–water partition coefficient (Wildman–Crippen LogP) is 3.29. The number of anilines is 1. The van der Waals surface area contributed by atoms with Crippen LogP contribution in [-0.4, -0.2) is 23.2 Å². The molecular weight excluding hydrogens is 233 g/mol. The molecule has 0 unspecified atom stereocenters. The number of piperidine rings is 1. The summed E-state index contributed by atoms with van der Waals surface area (Å²) in [4.78, 5) is 13.2. The predicted molar refractivity (Wildman–Crippen MR) is 68.6 cm³/mol. The van der Waals surface area contributed by atoms with Crippen molar-refractivity contribution in [3.8, 4) is 0 Å². The van der Waals surface area contributed by atoms with E-state index in [1.807, 2.05) is 18.7 Å². The molecule has 1 heterocycles. The van der Waals surface area contributed by atoms with E-state index in [-0.39, 0.29) is 23.3 Å². The summed E-state index contributed by atoms with van der Waals surface area (Å²) in [5.74, 6) is -1.52.